The zero-order valence-corrected chi connectivity index (χ0v) is 13.6. The molecule has 21 heavy (non-hydrogen) atoms. The topological polar surface area (TPSA) is 27.1 Å². The van der Waals surface area contributed by atoms with E-state index in [0.717, 1.165) is 41.5 Å². The van der Waals surface area contributed by atoms with Gasteiger partial charge in [0.15, 0.2) is 0 Å². The van der Waals surface area contributed by atoms with Crippen LogP contribution in [0.4, 0.5) is 0 Å². The van der Waals surface area contributed by atoms with Gasteiger partial charge in [-0.1, -0.05) is 24.4 Å². The first-order valence-electron chi connectivity index (χ1n) is 7.52. The first-order valence-corrected chi connectivity index (χ1v) is 7.90. The van der Waals surface area contributed by atoms with Gasteiger partial charge in [0.05, 0.1) is 12.9 Å². The van der Waals surface area contributed by atoms with Gasteiger partial charge in [0.1, 0.15) is 5.75 Å². The smallest absolute Gasteiger partial charge is 0.125 e. The predicted molar refractivity (Wildman–Crippen MR) is 87.1 cm³/mol. The summed E-state index contributed by atoms with van der Waals surface area (Å²) in [6, 6.07) is 3.91. The molecule has 0 aliphatic carbocycles. The van der Waals surface area contributed by atoms with Gasteiger partial charge in [0.2, 0.25) is 0 Å². The highest BCUT2D eigenvalue weighted by Gasteiger charge is 2.05. The number of nitrogens with zero attached hydrogens (tertiary/aromatic N) is 2. The van der Waals surface area contributed by atoms with Crippen molar-refractivity contribution < 1.29 is 4.74 Å². The lowest BCUT2D eigenvalue weighted by Crippen LogP contribution is -2.01. The van der Waals surface area contributed by atoms with Crippen molar-refractivity contribution in [2.75, 3.05) is 6.61 Å². The van der Waals surface area contributed by atoms with Gasteiger partial charge in [0.25, 0.3) is 0 Å². The maximum absolute atomic E-state index is 6.02. The van der Waals surface area contributed by atoms with E-state index < -0.39 is 0 Å². The van der Waals surface area contributed by atoms with Crippen LogP contribution in [0.15, 0.2) is 30.9 Å². The summed E-state index contributed by atoms with van der Waals surface area (Å²) in [5, 5.41) is 0.775. The van der Waals surface area contributed by atoms with E-state index in [-0.39, 0.29) is 0 Å². The Kier molecular flexibility index (Phi) is 6.12. The van der Waals surface area contributed by atoms with E-state index in [1.165, 1.54) is 19.3 Å². The first kappa shape index (κ1) is 15.9. The second-order valence-electron chi connectivity index (χ2n) is 5.43. The molecule has 1 aromatic carbocycles. The van der Waals surface area contributed by atoms with Crippen molar-refractivity contribution in [3.63, 3.8) is 0 Å². The largest absolute Gasteiger partial charge is 0.493 e. The molecule has 0 aliphatic heterocycles. The summed E-state index contributed by atoms with van der Waals surface area (Å²) >= 11 is 6.02. The third-order valence-electron chi connectivity index (χ3n) is 3.54. The molecule has 4 heteroatoms. The first-order chi connectivity index (χ1) is 10.2. The lowest BCUT2D eigenvalue weighted by atomic mass is 10.1. The fraction of sp³-hybridized carbons (Fsp3) is 0.471. The van der Waals surface area contributed by atoms with Gasteiger partial charge in [-0.05, 0) is 49.9 Å². The fourth-order valence-electron chi connectivity index (χ4n) is 2.47. The van der Waals surface area contributed by atoms with Crippen LogP contribution in [0.5, 0.6) is 5.75 Å². The van der Waals surface area contributed by atoms with Crippen LogP contribution in [0, 0.1) is 13.8 Å². The van der Waals surface area contributed by atoms with E-state index >= 15 is 0 Å². The molecule has 2 rings (SSSR count). The minimum Gasteiger partial charge on any atom is -0.493 e. The molecule has 1 heterocycles. The Morgan fingerprint density at radius 3 is 2.48 bits per heavy atom. The standard InChI is InChI=1S/C17H23ClN2O/c1-14-11-16(18)12-15(2)17(14)21-10-6-4-3-5-8-20-9-7-19-13-20/h7,9,11-13H,3-6,8,10H2,1-2H3. The minimum atomic E-state index is 0.772. The van der Waals surface area contributed by atoms with E-state index in [1.807, 2.05) is 44.7 Å². The lowest BCUT2D eigenvalue weighted by Gasteiger charge is -2.12. The molecule has 0 aliphatic rings. The van der Waals surface area contributed by atoms with Crippen LogP contribution in [-0.2, 0) is 6.54 Å². The quantitative estimate of drug-likeness (QED) is 0.655. The monoisotopic (exact) mass is 306 g/mol. The predicted octanol–water partition coefficient (Wildman–Crippen LogP) is 4.79. The molecule has 0 radical (unpaired) electrons. The molecule has 2 aromatic rings. The van der Waals surface area contributed by atoms with Crippen molar-refractivity contribution in [2.24, 2.45) is 0 Å². The molecule has 0 unspecified atom stereocenters. The van der Waals surface area contributed by atoms with Crippen LogP contribution in [0.2, 0.25) is 5.02 Å². The Morgan fingerprint density at radius 2 is 1.81 bits per heavy atom. The van der Waals surface area contributed by atoms with E-state index in [0.29, 0.717) is 0 Å². The average molecular weight is 307 g/mol. The number of halogens is 1. The Hall–Kier alpha value is -1.48. The molecule has 3 nitrogen and oxygen atoms in total. The number of unbranched alkanes of at least 4 members (excludes halogenated alkanes) is 3. The van der Waals surface area contributed by atoms with Crippen molar-refractivity contribution in [2.45, 2.75) is 46.1 Å². The van der Waals surface area contributed by atoms with E-state index in [2.05, 4.69) is 9.55 Å². The lowest BCUT2D eigenvalue weighted by molar-refractivity contribution is 0.300. The molecule has 0 atom stereocenters. The van der Waals surface area contributed by atoms with Crippen LogP contribution in [-0.4, -0.2) is 16.2 Å². The van der Waals surface area contributed by atoms with Crippen LogP contribution in [0.3, 0.4) is 0 Å². The number of imidazole rings is 1. The third kappa shape index (κ3) is 5.09. The van der Waals surface area contributed by atoms with Gasteiger partial charge in [-0.15, -0.1) is 0 Å². The molecule has 0 amide bonds. The molecule has 0 fully saturated rings. The number of benzene rings is 1. The van der Waals surface area contributed by atoms with Gasteiger partial charge >= 0.3 is 0 Å². The summed E-state index contributed by atoms with van der Waals surface area (Å²) in [6.07, 6.45) is 10.4. The Balaban J connectivity index is 1.62. The number of aromatic nitrogens is 2. The molecule has 0 saturated carbocycles. The fourth-order valence-corrected chi connectivity index (χ4v) is 2.80. The Bertz CT molecular complexity index is 529. The van der Waals surface area contributed by atoms with E-state index in [1.54, 1.807) is 0 Å². The highest BCUT2D eigenvalue weighted by atomic mass is 35.5. The Labute approximate surface area is 131 Å². The molecule has 0 spiro atoms. The van der Waals surface area contributed by atoms with Crippen LogP contribution in [0.25, 0.3) is 0 Å². The summed E-state index contributed by atoms with van der Waals surface area (Å²) < 4.78 is 8.02. The third-order valence-corrected chi connectivity index (χ3v) is 3.76. The molecule has 114 valence electrons. The van der Waals surface area contributed by atoms with Crippen molar-refractivity contribution >= 4 is 11.6 Å². The second kappa shape index (κ2) is 8.08. The van der Waals surface area contributed by atoms with Crippen molar-refractivity contribution in [1.29, 1.82) is 0 Å². The molecule has 0 bridgehead atoms. The molecular formula is C17H23ClN2O. The van der Waals surface area contributed by atoms with Gasteiger partial charge in [-0.2, -0.15) is 0 Å². The van der Waals surface area contributed by atoms with Gasteiger partial charge in [-0.3, -0.25) is 0 Å². The van der Waals surface area contributed by atoms with Crippen molar-refractivity contribution in [3.8, 4) is 5.75 Å². The number of hydrogen-bond donors (Lipinski definition) is 0. The molecule has 0 saturated heterocycles. The SMILES string of the molecule is Cc1cc(Cl)cc(C)c1OCCCCCCn1ccnc1. The van der Waals surface area contributed by atoms with E-state index in [4.69, 9.17) is 16.3 Å². The second-order valence-corrected chi connectivity index (χ2v) is 5.87. The van der Waals surface area contributed by atoms with Gasteiger partial charge in [0, 0.05) is 24.0 Å². The summed E-state index contributed by atoms with van der Waals surface area (Å²) in [5.74, 6) is 0.984. The van der Waals surface area contributed by atoms with Gasteiger partial charge < -0.3 is 9.30 Å². The summed E-state index contributed by atoms with van der Waals surface area (Å²) in [4.78, 5) is 4.04. The molecule has 1 aromatic heterocycles. The zero-order valence-electron chi connectivity index (χ0n) is 12.8. The number of aryl methyl sites for hydroxylation is 3. The Morgan fingerprint density at radius 1 is 1.10 bits per heavy atom. The van der Waals surface area contributed by atoms with Crippen LogP contribution >= 0.6 is 11.6 Å². The number of rotatable bonds is 8. The average Bonchev–Trinajstić information content (AvgIpc) is 2.93. The number of hydrogen-bond acceptors (Lipinski definition) is 2. The maximum atomic E-state index is 6.02. The molecular weight excluding hydrogens is 284 g/mol. The molecule has 0 N–H and O–H groups in total. The van der Waals surface area contributed by atoms with Crippen LogP contribution in [0.1, 0.15) is 36.8 Å². The summed E-state index contributed by atoms with van der Waals surface area (Å²) in [7, 11) is 0. The van der Waals surface area contributed by atoms with Crippen molar-refractivity contribution in [3.05, 3.63) is 47.0 Å². The summed E-state index contributed by atoms with van der Waals surface area (Å²) in [6.45, 7) is 5.91. The van der Waals surface area contributed by atoms with Gasteiger partial charge in [-0.25, -0.2) is 4.98 Å². The highest BCUT2D eigenvalue weighted by molar-refractivity contribution is 6.30. The number of ether oxygens (including phenoxy) is 1. The zero-order chi connectivity index (χ0) is 15.1. The van der Waals surface area contributed by atoms with Crippen LogP contribution < -0.4 is 4.74 Å². The van der Waals surface area contributed by atoms with Crippen molar-refractivity contribution in [1.82, 2.24) is 9.55 Å². The summed E-state index contributed by atoms with van der Waals surface area (Å²) in [5.41, 5.74) is 2.22. The normalized spacial score (nSPS) is 10.8. The highest BCUT2D eigenvalue weighted by Crippen LogP contribution is 2.27. The maximum Gasteiger partial charge on any atom is 0.125 e. The minimum absolute atomic E-state index is 0.772. The van der Waals surface area contributed by atoms with E-state index in [9.17, 15) is 0 Å².